The maximum Gasteiger partial charge on any atom is 0.243 e. The summed E-state index contributed by atoms with van der Waals surface area (Å²) in [5, 5.41) is 15.3. The largest absolute Gasteiger partial charge is 0.508 e. The summed E-state index contributed by atoms with van der Waals surface area (Å²) in [4.78, 5) is 25.1. The summed E-state index contributed by atoms with van der Waals surface area (Å²) >= 11 is 1.38. The number of hydrogen-bond acceptors (Lipinski definition) is 4. The number of phenolic OH excluding ortho intramolecular Hbond substituents is 1. The van der Waals surface area contributed by atoms with E-state index in [4.69, 9.17) is 0 Å². The van der Waals surface area contributed by atoms with Crippen molar-refractivity contribution in [3.8, 4) is 5.75 Å². The Morgan fingerprint density at radius 3 is 2.86 bits per heavy atom. The van der Waals surface area contributed by atoms with E-state index in [2.05, 4.69) is 10.6 Å². The fourth-order valence-corrected chi connectivity index (χ4v) is 4.98. The van der Waals surface area contributed by atoms with Crippen molar-refractivity contribution in [1.29, 1.82) is 0 Å². The third-order valence-corrected chi connectivity index (χ3v) is 6.62. The van der Waals surface area contributed by atoms with Crippen molar-refractivity contribution < 1.29 is 19.1 Å². The van der Waals surface area contributed by atoms with Crippen LogP contribution in [0.1, 0.15) is 29.2 Å². The van der Waals surface area contributed by atoms with E-state index in [1.165, 1.54) is 17.8 Å². The van der Waals surface area contributed by atoms with Crippen LogP contribution in [0.15, 0.2) is 42.5 Å². The number of aromatic hydroxyl groups is 1. The molecule has 0 saturated carbocycles. The monoisotopic (exact) mass is 400 g/mol. The number of carbonyl (C=O) groups excluding carboxylic acids is 2. The van der Waals surface area contributed by atoms with Crippen molar-refractivity contribution in [2.24, 2.45) is 0 Å². The molecule has 2 aromatic carbocycles. The van der Waals surface area contributed by atoms with E-state index in [9.17, 15) is 19.1 Å². The molecule has 0 spiro atoms. The van der Waals surface area contributed by atoms with E-state index >= 15 is 0 Å². The van der Waals surface area contributed by atoms with Gasteiger partial charge in [-0.2, -0.15) is 0 Å². The van der Waals surface area contributed by atoms with Gasteiger partial charge in [-0.25, -0.2) is 4.39 Å². The van der Waals surface area contributed by atoms with E-state index in [0.29, 0.717) is 24.2 Å². The number of phenols is 1. The molecule has 3 N–H and O–H groups in total. The van der Waals surface area contributed by atoms with Crippen molar-refractivity contribution in [2.75, 3.05) is 5.75 Å². The lowest BCUT2D eigenvalue weighted by molar-refractivity contribution is -0.129. The maximum atomic E-state index is 13.8. The Morgan fingerprint density at radius 2 is 2.07 bits per heavy atom. The third kappa shape index (κ3) is 3.71. The average Bonchev–Trinajstić information content (AvgIpc) is 3.09. The topological polar surface area (TPSA) is 78.4 Å². The van der Waals surface area contributed by atoms with Crippen molar-refractivity contribution in [1.82, 2.24) is 10.6 Å². The van der Waals surface area contributed by atoms with E-state index in [0.717, 1.165) is 17.5 Å². The first-order valence-electron chi connectivity index (χ1n) is 9.29. The molecule has 146 valence electrons. The van der Waals surface area contributed by atoms with Crippen molar-refractivity contribution in [2.45, 2.75) is 36.6 Å². The molecule has 1 fully saturated rings. The second-order valence-electron chi connectivity index (χ2n) is 7.12. The smallest absolute Gasteiger partial charge is 0.243 e. The van der Waals surface area contributed by atoms with Gasteiger partial charge >= 0.3 is 0 Å². The fraction of sp³-hybridized carbons (Fsp3) is 0.333. The van der Waals surface area contributed by atoms with Gasteiger partial charge in [-0.3, -0.25) is 9.59 Å². The Hall–Kier alpha value is -2.54. The molecule has 2 aromatic rings. The van der Waals surface area contributed by atoms with Gasteiger partial charge < -0.3 is 15.7 Å². The number of benzene rings is 2. The van der Waals surface area contributed by atoms with Gasteiger partial charge in [-0.15, -0.1) is 11.8 Å². The lowest BCUT2D eigenvalue weighted by Gasteiger charge is -2.29. The van der Waals surface area contributed by atoms with Gasteiger partial charge in [0.2, 0.25) is 11.8 Å². The minimum absolute atomic E-state index is 0.160. The first kappa shape index (κ1) is 18.8. The van der Waals surface area contributed by atoms with E-state index in [1.54, 1.807) is 30.3 Å². The molecule has 7 heteroatoms. The van der Waals surface area contributed by atoms with Crippen LogP contribution in [0, 0.1) is 5.82 Å². The fourth-order valence-electron chi connectivity index (χ4n) is 3.81. The molecule has 1 saturated heterocycles. The van der Waals surface area contributed by atoms with E-state index in [-0.39, 0.29) is 29.4 Å². The van der Waals surface area contributed by atoms with Crippen molar-refractivity contribution in [3.63, 3.8) is 0 Å². The van der Waals surface area contributed by atoms with Gasteiger partial charge in [0.05, 0.1) is 11.3 Å². The predicted octanol–water partition coefficient (Wildman–Crippen LogP) is 2.48. The van der Waals surface area contributed by atoms with Crippen LogP contribution in [-0.4, -0.2) is 34.0 Å². The molecule has 1 aliphatic heterocycles. The summed E-state index contributed by atoms with van der Waals surface area (Å²) in [6, 6.07) is 11.0. The van der Waals surface area contributed by atoms with Crippen LogP contribution < -0.4 is 10.6 Å². The van der Waals surface area contributed by atoms with Gasteiger partial charge in [0, 0.05) is 5.75 Å². The molecular weight excluding hydrogens is 379 g/mol. The van der Waals surface area contributed by atoms with Crippen LogP contribution >= 0.6 is 11.8 Å². The Morgan fingerprint density at radius 1 is 1.25 bits per heavy atom. The number of carbonyl (C=O) groups is 2. The zero-order valence-electron chi connectivity index (χ0n) is 15.2. The average molecular weight is 400 g/mol. The molecule has 2 amide bonds. The number of halogens is 1. The number of rotatable bonds is 4. The molecule has 5 nitrogen and oxygen atoms in total. The number of amides is 2. The Labute approximate surface area is 166 Å². The highest BCUT2D eigenvalue weighted by molar-refractivity contribution is 8.00. The summed E-state index contributed by atoms with van der Waals surface area (Å²) < 4.78 is 13.8. The van der Waals surface area contributed by atoms with Gasteiger partial charge in [-0.1, -0.05) is 30.3 Å². The number of nitrogens with one attached hydrogen (secondary N) is 2. The van der Waals surface area contributed by atoms with Gasteiger partial charge in [0.25, 0.3) is 0 Å². The zero-order chi connectivity index (χ0) is 19.7. The van der Waals surface area contributed by atoms with Crippen molar-refractivity contribution >= 4 is 23.6 Å². The summed E-state index contributed by atoms with van der Waals surface area (Å²) in [5.74, 6) is -0.0998. The van der Waals surface area contributed by atoms with Crippen LogP contribution in [0.2, 0.25) is 0 Å². The quantitative estimate of drug-likeness (QED) is 0.737. The van der Waals surface area contributed by atoms with E-state index in [1.807, 2.05) is 6.07 Å². The van der Waals surface area contributed by atoms with Gasteiger partial charge in [0.1, 0.15) is 17.6 Å². The first-order chi connectivity index (χ1) is 13.5. The molecule has 3 unspecified atom stereocenters. The molecule has 28 heavy (non-hydrogen) atoms. The van der Waals surface area contributed by atoms with Crippen LogP contribution in [0.3, 0.4) is 0 Å². The normalized spacial score (nSPS) is 23.8. The summed E-state index contributed by atoms with van der Waals surface area (Å²) in [6.07, 6.45) is 1.73. The van der Waals surface area contributed by atoms with Crippen LogP contribution in [0.25, 0.3) is 0 Å². The minimum atomic E-state index is -0.615. The van der Waals surface area contributed by atoms with Gasteiger partial charge in [-0.05, 0) is 48.1 Å². The van der Waals surface area contributed by atoms with Crippen LogP contribution in [0.4, 0.5) is 4.39 Å². The maximum absolute atomic E-state index is 13.8. The third-order valence-electron chi connectivity index (χ3n) is 5.32. The standard InChI is InChI=1S/C21H21FN2O3S/c22-15-6-2-1-4-12(15)10-19-21(27)24-17(11-28-19)20(26)23-16-9-8-14-13(16)5-3-7-18(14)25/h1-7,16-17,19,25H,8-11H2,(H,23,26)(H,24,27). The molecule has 0 bridgehead atoms. The lowest BCUT2D eigenvalue weighted by Crippen LogP contribution is -2.54. The molecule has 0 radical (unpaired) electrons. The second kappa shape index (κ2) is 7.83. The molecular formula is C21H21FN2O3S. The molecule has 0 aromatic heterocycles. The Balaban J connectivity index is 1.36. The molecule has 1 aliphatic carbocycles. The van der Waals surface area contributed by atoms with Crippen LogP contribution in [-0.2, 0) is 22.4 Å². The van der Waals surface area contributed by atoms with Crippen LogP contribution in [0.5, 0.6) is 5.75 Å². The van der Waals surface area contributed by atoms with E-state index < -0.39 is 11.3 Å². The molecule has 3 atom stereocenters. The Bertz CT molecular complexity index is 920. The lowest BCUT2D eigenvalue weighted by atomic mass is 10.1. The SMILES string of the molecule is O=C(NC1CCc2c(O)cccc21)C1CSC(Cc2ccccc2F)C(=O)N1. The predicted molar refractivity (Wildman–Crippen MR) is 106 cm³/mol. The second-order valence-corrected chi connectivity index (χ2v) is 8.36. The summed E-state index contributed by atoms with van der Waals surface area (Å²) in [5.41, 5.74) is 2.31. The summed E-state index contributed by atoms with van der Waals surface area (Å²) in [6.45, 7) is 0. The highest BCUT2D eigenvalue weighted by Crippen LogP contribution is 2.36. The number of hydrogen-bond donors (Lipinski definition) is 3. The molecule has 1 heterocycles. The molecule has 4 rings (SSSR count). The van der Waals surface area contributed by atoms with Gasteiger partial charge in [0.15, 0.2) is 0 Å². The highest BCUT2D eigenvalue weighted by Gasteiger charge is 2.34. The number of thioether (sulfide) groups is 1. The summed E-state index contributed by atoms with van der Waals surface area (Å²) in [7, 11) is 0. The molecule has 2 aliphatic rings. The minimum Gasteiger partial charge on any atom is -0.508 e. The first-order valence-corrected chi connectivity index (χ1v) is 10.3. The Kier molecular flexibility index (Phi) is 5.26. The zero-order valence-corrected chi connectivity index (χ0v) is 16.0. The highest BCUT2D eigenvalue weighted by atomic mass is 32.2. The number of fused-ring (bicyclic) bond motifs is 1. The van der Waals surface area contributed by atoms with Crippen molar-refractivity contribution in [3.05, 3.63) is 65.0 Å².